The monoisotopic (exact) mass is 313 g/mol. The van der Waals surface area contributed by atoms with Gasteiger partial charge in [0, 0.05) is 25.9 Å². The number of pyridine rings is 1. The third-order valence-corrected chi connectivity index (χ3v) is 3.46. The summed E-state index contributed by atoms with van der Waals surface area (Å²) in [6.45, 7) is 5.34. The maximum atomic E-state index is 11.6. The maximum Gasteiger partial charge on any atom is 0.314 e. The fourth-order valence-corrected chi connectivity index (χ4v) is 1.90. The van der Waals surface area contributed by atoms with Crippen LogP contribution in [0.3, 0.4) is 0 Å². The molecular formula is C15H24ClN3O2. The van der Waals surface area contributed by atoms with Crippen LogP contribution in [0, 0.1) is 5.41 Å². The molecule has 0 aliphatic rings. The third-order valence-electron chi connectivity index (χ3n) is 3.23. The summed E-state index contributed by atoms with van der Waals surface area (Å²) in [6.07, 6.45) is 4.15. The summed E-state index contributed by atoms with van der Waals surface area (Å²) in [5, 5.41) is 15.2. The quantitative estimate of drug-likeness (QED) is 0.509. The summed E-state index contributed by atoms with van der Waals surface area (Å²) in [5.41, 5.74) is 0.948. The van der Waals surface area contributed by atoms with Crippen molar-refractivity contribution in [2.24, 2.45) is 5.41 Å². The molecule has 0 radical (unpaired) electrons. The molecule has 0 spiro atoms. The van der Waals surface area contributed by atoms with Crippen molar-refractivity contribution in [2.45, 2.75) is 33.1 Å². The largest absolute Gasteiger partial charge is 0.396 e. The lowest BCUT2D eigenvalue weighted by atomic mass is 9.89. The molecule has 1 aromatic rings. The number of halogens is 1. The van der Waals surface area contributed by atoms with E-state index in [4.69, 9.17) is 16.7 Å². The Morgan fingerprint density at radius 2 is 2.05 bits per heavy atom. The first kappa shape index (κ1) is 17.7. The Balaban J connectivity index is 2.10. The SMILES string of the molecule is CC(C)(CO)CCCNC(=O)NCCc1ccc(Cl)nc1. The van der Waals surface area contributed by atoms with E-state index in [2.05, 4.69) is 15.6 Å². The Morgan fingerprint density at radius 1 is 1.33 bits per heavy atom. The van der Waals surface area contributed by atoms with Crippen molar-refractivity contribution in [1.29, 1.82) is 0 Å². The lowest BCUT2D eigenvalue weighted by molar-refractivity contribution is 0.148. The van der Waals surface area contributed by atoms with Gasteiger partial charge >= 0.3 is 6.03 Å². The molecule has 1 rings (SSSR count). The highest BCUT2D eigenvalue weighted by Crippen LogP contribution is 2.20. The zero-order valence-electron chi connectivity index (χ0n) is 12.7. The number of carbonyl (C=O) groups is 1. The smallest absolute Gasteiger partial charge is 0.314 e. The molecule has 0 aromatic carbocycles. The summed E-state index contributed by atoms with van der Waals surface area (Å²) in [6, 6.07) is 3.46. The van der Waals surface area contributed by atoms with Crippen LogP contribution in [0.1, 0.15) is 32.3 Å². The summed E-state index contributed by atoms with van der Waals surface area (Å²) < 4.78 is 0. The molecule has 21 heavy (non-hydrogen) atoms. The molecule has 0 unspecified atom stereocenters. The van der Waals surface area contributed by atoms with E-state index in [0.29, 0.717) is 18.2 Å². The average Bonchev–Trinajstić information content (AvgIpc) is 2.46. The first-order valence-electron chi connectivity index (χ1n) is 7.16. The Bertz CT molecular complexity index is 435. The van der Waals surface area contributed by atoms with Gasteiger partial charge in [-0.1, -0.05) is 31.5 Å². The lowest BCUT2D eigenvalue weighted by Crippen LogP contribution is -2.37. The van der Waals surface area contributed by atoms with Crippen LogP contribution in [-0.2, 0) is 6.42 Å². The van der Waals surface area contributed by atoms with Crippen molar-refractivity contribution < 1.29 is 9.90 Å². The normalized spacial score (nSPS) is 11.2. The van der Waals surface area contributed by atoms with E-state index < -0.39 is 0 Å². The molecule has 5 nitrogen and oxygen atoms in total. The number of rotatable bonds is 8. The molecule has 0 saturated carbocycles. The van der Waals surface area contributed by atoms with Crippen molar-refractivity contribution >= 4 is 17.6 Å². The second-order valence-corrected chi connectivity index (χ2v) is 6.23. The van der Waals surface area contributed by atoms with Crippen LogP contribution >= 0.6 is 11.6 Å². The predicted octanol–water partition coefficient (Wildman–Crippen LogP) is 2.38. The Morgan fingerprint density at radius 3 is 2.67 bits per heavy atom. The molecule has 0 bridgehead atoms. The Hall–Kier alpha value is -1.33. The number of aliphatic hydroxyl groups excluding tert-OH is 1. The molecule has 0 aliphatic carbocycles. The van der Waals surface area contributed by atoms with Crippen LogP contribution in [0.25, 0.3) is 0 Å². The molecule has 118 valence electrons. The maximum absolute atomic E-state index is 11.6. The zero-order chi connectivity index (χ0) is 15.7. The fourth-order valence-electron chi connectivity index (χ4n) is 1.79. The number of nitrogens with zero attached hydrogens (tertiary/aromatic N) is 1. The van der Waals surface area contributed by atoms with Crippen molar-refractivity contribution in [3.63, 3.8) is 0 Å². The van der Waals surface area contributed by atoms with Gasteiger partial charge in [0.25, 0.3) is 0 Å². The molecule has 0 saturated heterocycles. The average molecular weight is 314 g/mol. The van der Waals surface area contributed by atoms with Crippen LogP contribution in [0.4, 0.5) is 4.79 Å². The number of hydrogen-bond donors (Lipinski definition) is 3. The number of aromatic nitrogens is 1. The van der Waals surface area contributed by atoms with Crippen LogP contribution in [-0.4, -0.2) is 35.8 Å². The number of urea groups is 1. The molecule has 2 amide bonds. The summed E-state index contributed by atoms with van der Waals surface area (Å²) in [4.78, 5) is 15.6. The predicted molar refractivity (Wildman–Crippen MR) is 84.5 cm³/mol. The van der Waals surface area contributed by atoms with Crippen LogP contribution < -0.4 is 10.6 Å². The molecule has 0 atom stereocenters. The zero-order valence-corrected chi connectivity index (χ0v) is 13.4. The molecule has 0 aliphatic heterocycles. The number of hydrogen-bond acceptors (Lipinski definition) is 3. The molecule has 1 aromatic heterocycles. The highest BCUT2D eigenvalue weighted by Gasteiger charge is 2.15. The van der Waals surface area contributed by atoms with Gasteiger partial charge < -0.3 is 15.7 Å². The van der Waals surface area contributed by atoms with Crippen molar-refractivity contribution in [2.75, 3.05) is 19.7 Å². The molecular weight excluding hydrogens is 290 g/mol. The van der Waals surface area contributed by atoms with E-state index in [1.54, 1.807) is 12.3 Å². The Labute approximate surface area is 131 Å². The van der Waals surface area contributed by atoms with Gasteiger partial charge in [-0.3, -0.25) is 0 Å². The topological polar surface area (TPSA) is 74.2 Å². The van der Waals surface area contributed by atoms with Gasteiger partial charge in [-0.25, -0.2) is 9.78 Å². The van der Waals surface area contributed by atoms with E-state index in [9.17, 15) is 4.79 Å². The van der Waals surface area contributed by atoms with E-state index in [-0.39, 0.29) is 18.1 Å². The first-order chi connectivity index (χ1) is 9.93. The van der Waals surface area contributed by atoms with Crippen molar-refractivity contribution in [3.8, 4) is 0 Å². The van der Waals surface area contributed by atoms with Crippen molar-refractivity contribution in [3.05, 3.63) is 29.0 Å². The molecule has 1 heterocycles. The summed E-state index contributed by atoms with van der Waals surface area (Å²) in [5.74, 6) is 0. The molecule has 6 heteroatoms. The number of amides is 2. The number of nitrogens with one attached hydrogen (secondary N) is 2. The summed E-state index contributed by atoms with van der Waals surface area (Å²) in [7, 11) is 0. The van der Waals surface area contributed by atoms with E-state index >= 15 is 0 Å². The third kappa shape index (κ3) is 7.87. The van der Waals surface area contributed by atoms with Gasteiger partial charge in [0.05, 0.1) is 0 Å². The lowest BCUT2D eigenvalue weighted by Gasteiger charge is -2.21. The first-order valence-corrected chi connectivity index (χ1v) is 7.54. The minimum atomic E-state index is -0.168. The van der Waals surface area contributed by atoms with Gasteiger partial charge in [-0.2, -0.15) is 0 Å². The minimum absolute atomic E-state index is 0.0836. The van der Waals surface area contributed by atoms with Gasteiger partial charge in [-0.15, -0.1) is 0 Å². The molecule has 0 fully saturated rings. The van der Waals surface area contributed by atoms with Gasteiger partial charge in [0.1, 0.15) is 5.15 Å². The van der Waals surface area contributed by atoms with Crippen LogP contribution in [0.5, 0.6) is 0 Å². The number of carbonyl (C=O) groups excluding carboxylic acids is 1. The highest BCUT2D eigenvalue weighted by molar-refractivity contribution is 6.29. The van der Waals surface area contributed by atoms with E-state index in [0.717, 1.165) is 24.8 Å². The summed E-state index contributed by atoms with van der Waals surface area (Å²) >= 11 is 5.70. The van der Waals surface area contributed by atoms with Gasteiger partial charge in [0.15, 0.2) is 0 Å². The van der Waals surface area contributed by atoms with Crippen molar-refractivity contribution in [1.82, 2.24) is 15.6 Å². The van der Waals surface area contributed by atoms with Gasteiger partial charge in [-0.05, 0) is 36.3 Å². The highest BCUT2D eigenvalue weighted by atomic mass is 35.5. The fraction of sp³-hybridized carbons (Fsp3) is 0.600. The van der Waals surface area contributed by atoms with E-state index in [1.165, 1.54) is 0 Å². The standard InChI is InChI=1S/C15H24ClN3O2/c1-15(2,11-20)7-3-8-17-14(21)18-9-6-12-4-5-13(16)19-10-12/h4-5,10,20H,3,6-9,11H2,1-2H3,(H2,17,18,21). The Kier molecular flexibility index (Phi) is 7.47. The van der Waals surface area contributed by atoms with Crippen LogP contribution in [0.15, 0.2) is 18.3 Å². The van der Waals surface area contributed by atoms with Crippen LogP contribution in [0.2, 0.25) is 5.15 Å². The second-order valence-electron chi connectivity index (χ2n) is 5.85. The minimum Gasteiger partial charge on any atom is -0.396 e. The second kappa shape index (κ2) is 8.85. The number of aliphatic hydroxyl groups is 1. The molecule has 3 N–H and O–H groups in total. The van der Waals surface area contributed by atoms with E-state index in [1.807, 2.05) is 19.9 Å². The van der Waals surface area contributed by atoms with Gasteiger partial charge in [0.2, 0.25) is 0 Å².